The molecule has 7 heteroatoms. The lowest BCUT2D eigenvalue weighted by Crippen LogP contribution is -2.29. The lowest BCUT2D eigenvalue weighted by atomic mass is 9.97. The molecule has 7 nitrogen and oxygen atoms in total. The van der Waals surface area contributed by atoms with Crippen LogP contribution in [0.3, 0.4) is 0 Å². The summed E-state index contributed by atoms with van der Waals surface area (Å²) in [7, 11) is 0. The van der Waals surface area contributed by atoms with E-state index in [4.69, 9.17) is 4.74 Å². The number of rotatable bonds is 4. The number of fused-ring (bicyclic) bond motifs is 1. The Morgan fingerprint density at radius 1 is 1.19 bits per heavy atom. The maximum Gasteiger partial charge on any atom is 0.338 e. The topological polar surface area (TPSA) is 81.9 Å². The summed E-state index contributed by atoms with van der Waals surface area (Å²) in [5.41, 5.74) is 2.97. The highest BCUT2D eigenvalue weighted by molar-refractivity contribution is 5.92. The Labute approximate surface area is 156 Å². The molecule has 1 aliphatic rings. The van der Waals surface area contributed by atoms with Crippen molar-refractivity contribution in [3.8, 4) is 0 Å². The number of carbonyl (C=O) groups excluding carboxylic acids is 1. The van der Waals surface area contributed by atoms with Gasteiger partial charge in [-0.15, -0.1) is 0 Å². The Hall–Kier alpha value is -3.48. The first-order valence-electron chi connectivity index (χ1n) is 8.65. The van der Waals surface area contributed by atoms with Gasteiger partial charge in [0, 0.05) is 18.1 Å². The number of pyridine rings is 1. The molecule has 1 atom stereocenters. The van der Waals surface area contributed by atoms with Crippen molar-refractivity contribution in [1.29, 1.82) is 0 Å². The van der Waals surface area contributed by atoms with Gasteiger partial charge in [0.15, 0.2) is 0 Å². The SMILES string of the molecule is CC1=C(C(=O)OCc2ccccc2)[C@@H](c2cccnc2)n2nc(C)nc2N1. The molecule has 4 rings (SSSR count). The molecule has 0 aliphatic carbocycles. The summed E-state index contributed by atoms with van der Waals surface area (Å²) in [5, 5.41) is 7.63. The highest BCUT2D eigenvalue weighted by Crippen LogP contribution is 2.35. The minimum atomic E-state index is -0.445. The number of nitrogens with zero attached hydrogens (tertiary/aromatic N) is 4. The van der Waals surface area contributed by atoms with Gasteiger partial charge in [-0.1, -0.05) is 36.4 Å². The van der Waals surface area contributed by atoms with E-state index in [1.165, 1.54) is 0 Å². The van der Waals surface area contributed by atoms with Gasteiger partial charge in [-0.05, 0) is 31.0 Å². The van der Waals surface area contributed by atoms with Crippen LogP contribution in [0.25, 0.3) is 0 Å². The van der Waals surface area contributed by atoms with Gasteiger partial charge in [0.1, 0.15) is 18.5 Å². The van der Waals surface area contributed by atoms with Gasteiger partial charge in [-0.2, -0.15) is 10.1 Å². The maximum absolute atomic E-state index is 13.0. The molecule has 27 heavy (non-hydrogen) atoms. The van der Waals surface area contributed by atoms with Crippen LogP contribution in [0.15, 0.2) is 66.1 Å². The number of ether oxygens (including phenoxy) is 1. The standard InChI is InChI=1S/C20H19N5O2/c1-13-17(19(26)27-12-15-7-4-3-5-8-15)18(16-9-6-10-21-11-16)25-20(22-13)23-14(2)24-25/h3-11,18H,12H2,1-2H3,(H,22,23,24)/t18-/m1/s1. The third kappa shape index (κ3) is 3.31. The summed E-state index contributed by atoms with van der Waals surface area (Å²) in [6.07, 6.45) is 3.43. The van der Waals surface area contributed by atoms with Crippen molar-refractivity contribution >= 4 is 11.9 Å². The van der Waals surface area contributed by atoms with Crippen molar-refractivity contribution in [3.05, 3.63) is 83.1 Å². The minimum absolute atomic E-state index is 0.208. The lowest BCUT2D eigenvalue weighted by Gasteiger charge is -2.27. The molecule has 1 N–H and O–H groups in total. The molecule has 2 aromatic heterocycles. The normalized spacial score (nSPS) is 15.9. The smallest absolute Gasteiger partial charge is 0.338 e. The van der Waals surface area contributed by atoms with Crippen LogP contribution in [0.2, 0.25) is 0 Å². The second kappa shape index (κ2) is 7.03. The van der Waals surface area contributed by atoms with Gasteiger partial charge in [0.2, 0.25) is 5.95 Å². The number of carbonyl (C=O) groups is 1. The quantitative estimate of drug-likeness (QED) is 0.720. The average Bonchev–Trinajstić information content (AvgIpc) is 3.06. The van der Waals surface area contributed by atoms with Gasteiger partial charge in [-0.25, -0.2) is 9.48 Å². The second-order valence-electron chi connectivity index (χ2n) is 6.34. The fourth-order valence-electron chi connectivity index (χ4n) is 3.17. The van der Waals surface area contributed by atoms with E-state index in [9.17, 15) is 4.79 Å². The van der Waals surface area contributed by atoms with Crippen LogP contribution in [0.4, 0.5) is 5.95 Å². The largest absolute Gasteiger partial charge is 0.457 e. The molecule has 1 aliphatic heterocycles. The zero-order valence-corrected chi connectivity index (χ0v) is 15.1. The van der Waals surface area contributed by atoms with Crippen molar-refractivity contribution in [1.82, 2.24) is 19.7 Å². The van der Waals surface area contributed by atoms with Crippen LogP contribution in [0.1, 0.15) is 29.9 Å². The summed E-state index contributed by atoms with van der Waals surface area (Å²) in [4.78, 5) is 21.6. The van der Waals surface area contributed by atoms with Crippen molar-refractivity contribution in [3.63, 3.8) is 0 Å². The van der Waals surface area contributed by atoms with Gasteiger partial charge in [-0.3, -0.25) is 4.98 Å². The van der Waals surface area contributed by atoms with E-state index >= 15 is 0 Å². The molecular weight excluding hydrogens is 342 g/mol. The highest BCUT2D eigenvalue weighted by Gasteiger charge is 2.35. The van der Waals surface area contributed by atoms with Crippen molar-refractivity contribution in [2.24, 2.45) is 0 Å². The summed E-state index contributed by atoms with van der Waals surface area (Å²) in [5.74, 6) is 0.827. The highest BCUT2D eigenvalue weighted by atomic mass is 16.5. The summed E-state index contributed by atoms with van der Waals surface area (Å²) < 4.78 is 7.30. The molecule has 136 valence electrons. The molecule has 3 aromatic rings. The van der Waals surface area contributed by atoms with E-state index in [1.54, 1.807) is 17.1 Å². The number of anilines is 1. The first-order valence-corrected chi connectivity index (χ1v) is 8.65. The van der Waals surface area contributed by atoms with Gasteiger partial charge < -0.3 is 10.1 Å². The Morgan fingerprint density at radius 3 is 2.74 bits per heavy atom. The molecule has 0 amide bonds. The molecule has 0 spiro atoms. The lowest BCUT2D eigenvalue weighted by molar-refractivity contribution is -0.140. The molecule has 0 saturated carbocycles. The van der Waals surface area contributed by atoms with E-state index in [0.717, 1.165) is 11.1 Å². The summed E-state index contributed by atoms with van der Waals surface area (Å²) in [6, 6.07) is 12.9. The molecule has 0 radical (unpaired) electrons. The number of aromatic nitrogens is 4. The first kappa shape index (κ1) is 17.0. The Balaban J connectivity index is 1.69. The maximum atomic E-state index is 13.0. The monoisotopic (exact) mass is 361 g/mol. The molecule has 3 heterocycles. The van der Waals surface area contributed by atoms with Crippen LogP contribution in [-0.4, -0.2) is 25.7 Å². The molecule has 1 aromatic carbocycles. The number of nitrogens with one attached hydrogen (secondary N) is 1. The Kier molecular flexibility index (Phi) is 4.42. The molecular formula is C20H19N5O2. The number of esters is 1. The Morgan fingerprint density at radius 2 is 2.00 bits per heavy atom. The van der Waals surface area contributed by atoms with E-state index < -0.39 is 12.0 Å². The summed E-state index contributed by atoms with van der Waals surface area (Å²) >= 11 is 0. The van der Waals surface area contributed by atoms with Crippen LogP contribution in [0, 0.1) is 6.92 Å². The first-order chi connectivity index (χ1) is 13.1. The van der Waals surface area contributed by atoms with E-state index in [2.05, 4.69) is 20.4 Å². The fraction of sp³-hybridized carbons (Fsp3) is 0.200. The van der Waals surface area contributed by atoms with Crippen LogP contribution in [-0.2, 0) is 16.1 Å². The van der Waals surface area contributed by atoms with Gasteiger partial charge >= 0.3 is 5.97 Å². The number of hydrogen-bond donors (Lipinski definition) is 1. The number of hydrogen-bond acceptors (Lipinski definition) is 6. The molecule has 0 bridgehead atoms. The summed E-state index contributed by atoms with van der Waals surface area (Å²) in [6.45, 7) is 3.87. The van der Waals surface area contributed by atoms with Crippen LogP contribution < -0.4 is 5.32 Å². The van der Waals surface area contributed by atoms with Crippen molar-refractivity contribution in [2.75, 3.05) is 5.32 Å². The molecule has 0 fully saturated rings. The van der Waals surface area contributed by atoms with Gasteiger partial charge in [0.25, 0.3) is 0 Å². The van der Waals surface area contributed by atoms with E-state index in [0.29, 0.717) is 23.0 Å². The second-order valence-corrected chi connectivity index (χ2v) is 6.34. The van der Waals surface area contributed by atoms with Crippen LogP contribution >= 0.6 is 0 Å². The van der Waals surface area contributed by atoms with Gasteiger partial charge in [0.05, 0.1) is 5.57 Å². The third-order valence-electron chi connectivity index (χ3n) is 4.39. The number of aryl methyl sites for hydroxylation is 1. The third-order valence-corrected chi connectivity index (χ3v) is 4.39. The van der Waals surface area contributed by atoms with E-state index in [-0.39, 0.29) is 6.61 Å². The predicted molar refractivity (Wildman–Crippen MR) is 99.7 cm³/mol. The van der Waals surface area contributed by atoms with Crippen molar-refractivity contribution < 1.29 is 9.53 Å². The predicted octanol–water partition coefficient (Wildman–Crippen LogP) is 3.01. The van der Waals surface area contributed by atoms with Crippen molar-refractivity contribution in [2.45, 2.75) is 26.5 Å². The van der Waals surface area contributed by atoms with E-state index in [1.807, 2.05) is 56.3 Å². The number of benzene rings is 1. The molecule has 0 saturated heterocycles. The Bertz CT molecular complexity index is 996. The zero-order chi connectivity index (χ0) is 18.8. The fourth-order valence-corrected chi connectivity index (χ4v) is 3.17. The minimum Gasteiger partial charge on any atom is -0.457 e. The zero-order valence-electron chi connectivity index (χ0n) is 15.1. The molecule has 0 unspecified atom stereocenters. The van der Waals surface area contributed by atoms with Crippen LogP contribution in [0.5, 0.6) is 0 Å². The average molecular weight is 361 g/mol. The number of allylic oxidation sites excluding steroid dienone is 1.